The summed E-state index contributed by atoms with van der Waals surface area (Å²) in [4.78, 5) is 0. The first-order chi connectivity index (χ1) is 29.0. The molecule has 0 heterocycles. The Morgan fingerprint density at radius 2 is 0.627 bits per heavy atom. The third kappa shape index (κ3) is 4.35. The summed E-state index contributed by atoms with van der Waals surface area (Å²) in [5.74, 6) is 0.440. The molecular weight excluding hydrogens is 717 g/mol. The van der Waals surface area contributed by atoms with E-state index in [1.165, 1.54) is 98.0 Å². The van der Waals surface area contributed by atoms with Gasteiger partial charge >= 0.3 is 0 Å². The van der Waals surface area contributed by atoms with E-state index in [1.807, 2.05) is 0 Å². The Bertz CT molecular complexity index is 3390. The van der Waals surface area contributed by atoms with Crippen LogP contribution in [-0.2, 0) is 5.41 Å². The Hall–Kier alpha value is -7.68. The number of benzene rings is 12. The fraction of sp³-hybridized carbons (Fsp3) is 0.0175. The van der Waals surface area contributed by atoms with Crippen LogP contribution < -0.4 is 0 Å². The summed E-state index contributed by atoms with van der Waals surface area (Å²) in [6.07, 6.45) is 0. The maximum Gasteiger partial charge on any atom is 0.115 e. The fourth-order valence-corrected chi connectivity index (χ4v) is 10.8. The summed E-state index contributed by atoms with van der Waals surface area (Å²) in [6.45, 7) is 0. The highest BCUT2D eigenvalue weighted by atomic mass is 16.3. The molecule has 0 radical (unpaired) electrons. The van der Waals surface area contributed by atoms with Gasteiger partial charge in [0, 0.05) is 0 Å². The van der Waals surface area contributed by atoms with Crippen LogP contribution >= 0.6 is 0 Å². The standard InChI is InChI=1S/C57H34O2/c58-43-21-17-41(18-22-43)57(42-19-23-44(59)24-20-42)51-31-39(45-25-11-37-9-7-33-3-1-5-35-13-29-49(45)55(37)53(33)35)15-27-47(51)48-28-16-40(32-52(48)57)46-26-12-38-10-8-34-4-2-6-36-14-30-50(46)56(38)54(34)36/h1-32,58-59H. The molecule has 2 N–H and O–H groups in total. The third-order valence-electron chi connectivity index (χ3n) is 13.4. The van der Waals surface area contributed by atoms with Gasteiger partial charge in [-0.25, -0.2) is 0 Å². The molecule has 1 aliphatic carbocycles. The molecule has 0 spiro atoms. The number of hydrogen-bond donors (Lipinski definition) is 2. The topological polar surface area (TPSA) is 40.5 Å². The highest BCUT2D eigenvalue weighted by molar-refractivity contribution is 6.26. The molecule has 2 nitrogen and oxygen atoms in total. The van der Waals surface area contributed by atoms with Crippen LogP contribution in [-0.4, -0.2) is 10.2 Å². The molecule has 59 heavy (non-hydrogen) atoms. The first-order valence-electron chi connectivity index (χ1n) is 20.3. The van der Waals surface area contributed by atoms with Gasteiger partial charge in [0.05, 0.1) is 5.41 Å². The molecule has 12 aromatic rings. The van der Waals surface area contributed by atoms with Crippen LogP contribution in [0.25, 0.3) is 98.0 Å². The highest BCUT2D eigenvalue weighted by Crippen LogP contribution is 2.58. The number of phenolic OH excluding ortho intramolecular Hbond substituents is 2. The monoisotopic (exact) mass is 750 g/mol. The molecule has 0 aliphatic heterocycles. The van der Waals surface area contributed by atoms with Gasteiger partial charge in [0.15, 0.2) is 0 Å². The van der Waals surface area contributed by atoms with Crippen LogP contribution in [0, 0.1) is 0 Å². The largest absolute Gasteiger partial charge is 0.508 e. The highest BCUT2D eigenvalue weighted by Gasteiger charge is 2.46. The van der Waals surface area contributed by atoms with Gasteiger partial charge in [-0.15, -0.1) is 0 Å². The maximum absolute atomic E-state index is 10.7. The second-order valence-electron chi connectivity index (χ2n) is 16.3. The molecule has 2 heteroatoms. The summed E-state index contributed by atoms with van der Waals surface area (Å²) in [6, 6.07) is 69.7. The lowest BCUT2D eigenvalue weighted by Crippen LogP contribution is -2.28. The van der Waals surface area contributed by atoms with Crippen LogP contribution in [0.3, 0.4) is 0 Å². The molecule has 0 unspecified atom stereocenters. The SMILES string of the molecule is Oc1ccc(C2(c3ccc(O)cc3)c3cc(-c4ccc5ccc6cccc7ccc4c5c67)ccc3-c3ccc(-c4ccc5ccc6cccc7ccc4c5c67)cc32)cc1. The zero-order valence-electron chi connectivity index (χ0n) is 31.9. The average Bonchev–Trinajstić information content (AvgIpc) is 3.57. The van der Waals surface area contributed by atoms with E-state index in [0.29, 0.717) is 0 Å². The Labute approximate surface area is 340 Å². The lowest BCUT2D eigenvalue weighted by molar-refractivity contribution is 0.475. The van der Waals surface area contributed by atoms with Gasteiger partial charge in [0.1, 0.15) is 11.5 Å². The number of fused-ring (bicyclic) bond motifs is 3. The minimum atomic E-state index is -0.772. The van der Waals surface area contributed by atoms with Gasteiger partial charge in [-0.1, -0.05) is 158 Å². The molecule has 12 aromatic carbocycles. The van der Waals surface area contributed by atoms with Crippen molar-refractivity contribution < 1.29 is 10.2 Å². The van der Waals surface area contributed by atoms with Crippen molar-refractivity contribution in [1.82, 2.24) is 0 Å². The number of phenols is 2. The summed E-state index contributed by atoms with van der Waals surface area (Å²) < 4.78 is 0. The molecule has 0 saturated carbocycles. The molecule has 0 saturated heterocycles. The van der Waals surface area contributed by atoms with Crippen molar-refractivity contribution in [3.63, 3.8) is 0 Å². The third-order valence-corrected chi connectivity index (χ3v) is 13.4. The second kappa shape index (κ2) is 11.7. The van der Waals surface area contributed by atoms with Gasteiger partial charge in [-0.2, -0.15) is 0 Å². The lowest BCUT2D eigenvalue weighted by Gasteiger charge is -2.34. The Morgan fingerprint density at radius 1 is 0.288 bits per heavy atom. The first kappa shape index (κ1) is 32.4. The molecule has 0 atom stereocenters. The minimum absolute atomic E-state index is 0.220. The van der Waals surface area contributed by atoms with Crippen molar-refractivity contribution in [1.29, 1.82) is 0 Å². The van der Waals surface area contributed by atoms with E-state index in [4.69, 9.17) is 0 Å². The van der Waals surface area contributed by atoms with E-state index < -0.39 is 5.41 Å². The van der Waals surface area contributed by atoms with E-state index in [-0.39, 0.29) is 11.5 Å². The van der Waals surface area contributed by atoms with Gasteiger partial charge < -0.3 is 10.2 Å². The Balaban J connectivity index is 1.10. The number of rotatable bonds is 4. The van der Waals surface area contributed by atoms with E-state index in [0.717, 1.165) is 22.3 Å². The molecule has 274 valence electrons. The summed E-state index contributed by atoms with van der Waals surface area (Å²) in [5, 5.41) is 36.5. The van der Waals surface area contributed by atoms with Gasteiger partial charge in [-0.3, -0.25) is 0 Å². The number of hydrogen-bond acceptors (Lipinski definition) is 2. The quantitative estimate of drug-likeness (QED) is 0.176. The molecule has 13 rings (SSSR count). The van der Waals surface area contributed by atoms with Crippen LogP contribution in [0.4, 0.5) is 0 Å². The van der Waals surface area contributed by atoms with E-state index in [1.54, 1.807) is 24.3 Å². The molecule has 1 aliphatic rings. The van der Waals surface area contributed by atoms with E-state index in [9.17, 15) is 10.2 Å². The van der Waals surface area contributed by atoms with E-state index in [2.05, 4.69) is 170 Å². The van der Waals surface area contributed by atoms with E-state index >= 15 is 0 Å². The van der Waals surface area contributed by atoms with Crippen molar-refractivity contribution in [2.24, 2.45) is 0 Å². The molecule has 0 amide bonds. The van der Waals surface area contributed by atoms with Crippen LogP contribution in [0.2, 0.25) is 0 Å². The van der Waals surface area contributed by atoms with Gasteiger partial charge in [0.25, 0.3) is 0 Å². The normalized spacial score (nSPS) is 13.4. The van der Waals surface area contributed by atoms with Crippen molar-refractivity contribution in [3.05, 3.63) is 216 Å². The zero-order chi connectivity index (χ0) is 39.0. The zero-order valence-corrected chi connectivity index (χ0v) is 31.9. The summed E-state index contributed by atoms with van der Waals surface area (Å²) in [5.41, 5.74) is 10.6. The van der Waals surface area contributed by atoms with Gasteiger partial charge in [-0.05, 0) is 157 Å². The Kier molecular flexibility index (Phi) is 6.42. The number of aromatic hydroxyl groups is 2. The average molecular weight is 751 g/mol. The lowest BCUT2D eigenvalue weighted by atomic mass is 9.67. The molecule has 0 aromatic heterocycles. The predicted molar refractivity (Wildman–Crippen MR) is 245 cm³/mol. The fourth-order valence-electron chi connectivity index (χ4n) is 10.8. The van der Waals surface area contributed by atoms with Crippen molar-refractivity contribution in [2.75, 3.05) is 0 Å². The Morgan fingerprint density at radius 3 is 1.03 bits per heavy atom. The van der Waals surface area contributed by atoms with Crippen molar-refractivity contribution >= 4 is 64.6 Å². The van der Waals surface area contributed by atoms with Crippen LogP contribution in [0.5, 0.6) is 11.5 Å². The van der Waals surface area contributed by atoms with Crippen LogP contribution in [0.15, 0.2) is 194 Å². The summed E-state index contributed by atoms with van der Waals surface area (Å²) >= 11 is 0. The molecule has 0 bridgehead atoms. The smallest absolute Gasteiger partial charge is 0.115 e. The first-order valence-corrected chi connectivity index (χ1v) is 20.3. The second-order valence-corrected chi connectivity index (χ2v) is 16.3. The predicted octanol–water partition coefficient (Wildman–Crippen LogP) is 14.6. The minimum Gasteiger partial charge on any atom is -0.508 e. The van der Waals surface area contributed by atoms with Crippen molar-refractivity contribution in [2.45, 2.75) is 5.41 Å². The molecule has 0 fully saturated rings. The summed E-state index contributed by atoms with van der Waals surface area (Å²) in [7, 11) is 0. The molecular formula is C57H34O2. The van der Waals surface area contributed by atoms with Crippen LogP contribution in [0.1, 0.15) is 22.3 Å². The van der Waals surface area contributed by atoms with Crippen molar-refractivity contribution in [3.8, 4) is 44.9 Å². The van der Waals surface area contributed by atoms with Gasteiger partial charge in [0.2, 0.25) is 0 Å². The maximum atomic E-state index is 10.7.